The van der Waals surface area contributed by atoms with Gasteiger partial charge in [0.05, 0.1) is 18.8 Å². The molecule has 0 saturated carbocycles. The highest BCUT2D eigenvalue weighted by Gasteiger charge is 2.15. The van der Waals surface area contributed by atoms with Gasteiger partial charge >= 0.3 is 11.9 Å². The Balaban J connectivity index is 3.42. The van der Waals surface area contributed by atoms with E-state index in [1.807, 2.05) is 27.7 Å². The number of carbonyl (C=O) groups is 2. The van der Waals surface area contributed by atoms with Crippen LogP contribution in [0.25, 0.3) is 0 Å². The van der Waals surface area contributed by atoms with Crippen LogP contribution < -0.4 is 0 Å². The zero-order valence-corrected chi connectivity index (χ0v) is 21.8. The van der Waals surface area contributed by atoms with Crippen LogP contribution in [0, 0.1) is 0 Å². The third-order valence-electron chi connectivity index (χ3n) is 5.36. The van der Waals surface area contributed by atoms with Gasteiger partial charge < -0.3 is 14.2 Å². The van der Waals surface area contributed by atoms with Crippen LogP contribution in [0.4, 0.5) is 0 Å². The van der Waals surface area contributed by atoms with E-state index in [9.17, 15) is 9.59 Å². The van der Waals surface area contributed by atoms with Crippen molar-refractivity contribution in [1.29, 1.82) is 0 Å². The summed E-state index contributed by atoms with van der Waals surface area (Å²) in [5.41, 5.74) is -0.252. The monoisotopic (exact) mass is 456 g/mol. The molecule has 0 rings (SSSR count). The van der Waals surface area contributed by atoms with Crippen molar-refractivity contribution >= 4 is 11.9 Å². The Labute approximate surface area is 198 Å². The molecule has 1 atom stereocenters. The van der Waals surface area contributed by atoms with E-state index in [1.54, 1.807) is 0 Å². The fourth-order valence-electron chi connectivity index (χ4n) is 3.44. The summed E-state index contributed by atoms with van der Waals surface area (Å²) in [6.07, 6.45) is 17.6. The maximum atomic E-state index is 11.8. The van der Waals surface area contributed by atoms with Gasteiger partial charge in [0.15, 0.2) is 0 Å². The predicted octanol–water partition coefficient (Wildman–Crippen LogP) is 7.54. The fraction of sp³-hybridized carbons (Fsp3) is 0.926. The van der Waals surface area contributed by atoms with Crippen LogP contribution in [0.1, 0.15) is 137 Å². The fourth-order valence-corrected chi connectivity index (χ4v) is 3.44. The first-order chi connectivity index (χ1) is 15.2. The molecule has 0 fully saturated rings. The Hall–Kier alpha value is -1.10. The molecule has 32 heavy (non-hydrogen) atoms. The van der Waals surface area contributed by atoms with Gasteiger partial charge in [-0.05, 0) is 40.5 Å². The Morgan fingerprint density at radius 3 is 1.66 bits per heavy atom. The van der Waals surface area contributed by atoms with Crippen molar-refractivity contribution in [1.82, 2.24) is 0 Å². The molecule has 0 N–H and O–H groups in total. The Bertz CT molecular complexity index is 455. The summed E-state index contributed by atoms with van der Waals surface area (Å²) < 4.78 is 16.2. The number of rotatable bonds is 21. The van der Waals surface area contributed by atoms with Gasteiger partial charge in [0.2, 0.25) is 0 Å². The summed E-state index contributed by atoms with van der Waals surface area (Å²) in [5.74, 6) is -0.514. The topological polar surface area (TPSA) is 61.8 Å². The molecule has 1 unspecified atom stereocenters. The van der Waals surface area contributed by atoms with Gasteiger partial charge in [-0.25, -0.2) is 0 Å². The number of hydrogen-bond donors (Lipinski definition) is 0. The van der Waals surface area contributed by atoms with Crippen LogP contribution in [-0.4, -0.2) is 36.9 Å². The van der Waals surface area contributed by atoms with Gasteiger partial charge in [-0.3, -0.25) is 9.59 Å². The molecule has 0 saturated heterocycles. The predicted molar refractivity (Wildman–Crippen MR) is 132 cm³/mol. The third kappa shape index (κ3) is 23.6. The van der Waals surface area contributed by atoms with E-state index in [2.05, 4.69) is 6.92 Å². The third-order valence-corrected chi connectivity index (χ3v) is 5.36. The molecule has 0 spiro atoms. The molecule has 0 aromatic heterocycles. The van der Waals surface area contributed by atoms with E-state index in [4.69, 9.17) is 14.2 Å². The Morgan fingerprint density at radius 2 is 1.16 bits per heavy atom. The van der Waals surface area contributed by atoms with Gasteiger partial charge in [-0.15, -0.1) is 0 Å². The smallest absolute Gasteiger partial charge is 0.306 e. The first-order valence-electron chi connectivity index (χ1n) is 13.2. The van der Waals surface area contributed by atoms with Crippen molar-refractivity contribution in [3.8, 4) is 0 Å². The molecular weight excluding hydrogens is 404 g/mol. The van der Waals surface area contributed by atoms with Crippen LogP contribution in [0.3, 0.4) is 0 Å². The van der Waals surface area contributed by atoms with Gasteiger partial charge in [-0.2, -0.15) is 0 Å². The standard InChI is InChI=1S/C27H52O5/c1-6-7-8-9-10-11-12-13-14-15-16-17-18-22-30-25(28)20-19-21-26(29)32-24(2)23-31-27(3,4)5/h24H,6-23H2,1-5H3. The second-order valence-corrected chi connectivity index (χ2v) is 10.0. The summed E-state index contributed by atoms with van der Waals surface area (Å²) in [5, 5.41) is 0. The molecule has 5 heteroatoms. The van der Waals surface area contributed by atoms with Crippen LogP contribution >= 0.6 is 0 Å². The number of carbonyl (C=O) groups excluding carboxylic acids is 2. The highest BCUT2D eigenvalue weighted by atomic mass is 16.6. The second-order valence-electron chi connectivity index (χ2n) is 10.0. The van der Waals surface area contributed by atoms with E-state index in [1.165, 1.54) is 70.6 Å². The molecule has 0 aromatic carbocycles. The van der Waals surface area contributed by atoms with Gasteiger partial charge in [-0.1, -0.05) is 84.0 Å². The lowest BCUT2D eigenvalue weighted by molar-refractivity contribution is -0.154. The summed E-state index contributed by atoms with van der Waals surface area (Å²) in [6.45, 7) is 10.8. The molecule has 0 aliphatic rings. The SMILES string of the molecule is CCCCCCCCCCCCCCCOC(=O)CCCC(=O)OC(C)COC(C)(C)C. The number of esters is 2. The first kappa shape index (κ1) is 30.9. The highest BCUT2D eigenvalue weighted by molar-refractivity contribution is 5.72. The van der Waals surface area contributed by atoms with Crippen molar-refractivity contribution in [3.63, 3.8) is 0 Å². The average molecular weight is 457 g/mol. The molecule has 0 radical (unpaired) electrons. The van der Waals surface area contributed by atoms with Gasteiger partial charge in [0.25, 0.3) is 0 Å². The summed E-state index contributed by atoms with van der Waals surface area (Å²) in [4.78, 5) is 23.6. The lowest BCUT2D eigenvalue weighted by Crippen LogP contribution is -2.27. The second kappa shape index (κ2) is 20.5. The van der Waals surface area contributed by atoms with Gasteiger partial charge in [0, 0.05) is 12.8 Å². The van der Waals surface area contributed by atoms with Crippen molar-refractivity contribution in [2.24, 2.45) is 0 Å². The summed E-state index contributed by atoms with van der Waals surface area (Å²) in [7, 11) is 0. The molecule has 190 valence electrons. The number of ether oxygens (including phenoxy) is 3. The van der Waals surface area contributed by atoms with E-state index in [0.29, 0.717) is 19.6 Å². The molecule has 0 bridgehead atoms. The largest absolute Gasteiger partial charge is 0.466 e. The maximum Gasteiger partial charge on any atom is 0.306 e. The molecule has 0 aliphatic carbocycles. The van der Waals surface area contributed by atoms with E-state index >= 15 is 0 Å². The summed E-state index contributed by atoms with van der Waals surface area (Å²) >= 11 is 0. The zero-order valence-electron chi connectivity index (χ0n) is 21.8. The molecule has 0 heterocycles. The quantitative estimate of drug-likeness (QED) is 0.132. The van der Waals surface area contributed by atoms with Gasteiger partial charge in [0.1, 0.15) is 6.10 Å². The minimum atomic E-state index is -0.292. The normalized spacial score (nSPS) is 12.5. The molecule has 0 aliphatic heterocycles. The number of hydrogen-bond acceptors (Lipinski definition) is 5. The molecule has 5 nitrogen and oxygen atoms in total. The zero-order chi connectivity index (χ0) is 24.1. The number of unbranched alkanes of at least 4 members (excludes halogenated alkanes) is 12. The van der Waals surface area contributed by atoms with Crippen LogP contribution in [0.2, 0.25) is 0 Å². The van der Waals surface area contributed by atoms with E-state index in [0.717, 1.165) is 12.8 Å². The van der Waals surface area contributed by atoms with Crippen LogP contribution in [-0.2, 0) is 23.8 Å². The minimum Gasteiger partial charge on any atom is -0.466 e. The molecular formula is C27H52O5. The first-order valence-corrected chi connectivity index (χ1v) is 13.2. The molecule has 0 amide bonds. The van der Waals surface area contributed by atoms with E-state index in [-0.39, 0.29) is 36.5 Å². The lowest BCUT2D eigenvalue weighted by atomic mass is 10.0. The summed E-state index contributed by atoms with van der Waals surface area (Å²) in [6, 6.07) is 0. The van der Waals surface area contributed by atoms with Crippen LogP contribution in [0.15, 0.2) is 0 Å². The van der Waals surface area contributed by atoms with E-state index < -0.39 is 0 Å². The van der Waals surface area contributed by atoms with Crippen molar-refractivity contribution in [3.05, 3.63) is 0 Å². The average Bonchev–Trinajstić information content (AvgIpc) is 2.72. The minimum absolute atomic E-state index is 0.221. The Morgan fingerprint density at radius 1 is 0.688 bits per heavy atom. The van der Waals surface area contributed by atoms with Crippen molar-refractivity contribution in [2.45, 2.75) is 149 Å². The maximum absolute atomic E-state index is 11.8. The Kier molecular flexibility index (Phi) is 19.8. The van der Waals surface area contributed by atoms with Crippen molar-refractivity contribution < 1.29 is 23.8 Å². The lowest BCUT2D eigenvalue weighted by Gasteiger charge is -2.22. The van der Waals surface area contributed by atoms with Crippen LogP contribution in [0.5, 0.6) is 0 Å². The molecule has 0 aromatic rings. The highest BCUT2D eigenvalue weighted by Crippen LogP contribution is 2.13. The van der Waals surface area contributed by atoms with Crippen molar-refractivity contribution in [2.75, 3.05) is 13.2 Å².